The molecule has 9 heavy (non-hydrogen) atoms. The molecule has 0 unspecified atom stereocenters. The van der Waals surface area contributed by atoms with Crippen LogP contribution >= 0.6 is 11.6 Å². The van der Waals surface area contributed by atoms with Crippen LogP contribution in [0.15, 0.2) is 18.5 Å². The van der Waals surface area contributed by atoms with Gasteiger partial charge in [-0.3, -0.25) is 0 Å². The maximum Gasteiger partial charge on any atom is 0.429 e. The molecule has 0 bridgehead atoms. The van der Waals surface area contributed by atoms with Gasteiger partial charge in [-0.2, -0.15) is 0 Å². The lowest BCUT2D eigenvalue weighted by molar-refractivity contribution is 0.140. The molecule has 1 heterocycles. The largest absolute Gasteiger partial charge is 0.429 e. The summed E-state index contributed by atoms with van der Waals surface area (Å²) in [5.74, 6) is 0. The molecule has 0 aliphatic heterocycles. The monoisotopic (exact) mass is 146 g/mol. The molecule has 0 atom stereocenters. The van der Waals surface area contributed by atoms with E-state index in [-0.39, 0.29) is 0 Å². The number of nitrogens with zero attached hydrogens (tertiary/aromatic N) is 2. The minimum Gasteiger partial charge on any atom is -0.303 e. The fourth-order valence-corrected chi connectivity index (χ4v) is 0.453. The van der Waals surface area contributed by atoms with Crippen molar-refractivity contribution in [2.24, 2.45) is 0 Å². The molecule has 0 radical (unpaired) electrons. The predicted octanol–water partition coefficient (Wildman–Crippen LogP) is 0.671. The second kappa shape index (κ2) is 2.50. The normalized spacial score (nSPS) is 9.00. The van der Waals surface area contributed by atoms with Crippen LogP contribution in [0.3, 0.4) is 0 Å². The van der Waals surface area contributed by atoms with E-state index in [9.17, 15) is 4.79 Å². The molecule has 1 aromatic heterocycles. The van der Waals surface area contributed by atoms with E-state index in [2.05, 4.69) is 9.94 Å². The van der Waals surface area contributed by atoms with Gasteiger partial charge in [0.1, 0.15) is 0 Å². The number of halogens is 1. The zero-order chi connectivity index (χ0) is 6.69. The highest BCUT2D eigenvalue weighted by Gasteiger charge is 1.95. The summed E-state index contributed by atoms with van der Waals surface area (Å²) in [6.07, 6.45) is 2.93. The van der Waals surface area contributed by atoms with E-state index in [1.54, 1.807) is 6.07 Å². The third-order valence-electron chi connectivity index (χ3n) is 0.645. The SMILES string of the molecule is O=C(Cl)On1cccn1. The minimum absolute atomic E-state index is 0.904. The third-order valence-corrected chi connectivity index (χ3v) is 0.714. The van der Waals surface area contributed by atoms with Gasteiger partial charge in [0.05, 0.1) is 12.4 Å². The summed E-state index contributed by atoms with van der Waals surface area (Å²) in [5, 5.41) is 3.55. The van der Waals surface area contributed by atoms with Crippen molar-refractivity contribution >= 4 is 17.0 Å². The molecule has 0 aliphatic carbocycles. The Balaban J connectivity index is 2.58. The van der Waals surface area contributed by atoms with Crippen LogP contribution in [0.1, 0.15) is 0 Å². The van der Waals surface area contributed by atoms with Gasteiger partial charge in [0, 0.05) is 11.6 Å². The Kier molecular flexibility index (Phi) is 1.69. The van der Waals surface area contributed by atoms with Crippen LogP contribution in [0.4, 0.5) is 4.79 Å². The van der Waals surface area contributed by atoms with Crippen molar-refractivity contribution in [1.29, 1.82) is 0 Å². The van der Waals surface area contributed by atoms with Crippen LogP contribution in [0.2, 0.25) is 0 Å². The number of hydrogen-bond acceptors (Lipinski definition) is 3. The Bertz CT molecular complexity index is 196. The maximum atomic E-state index is 9.99. The molecular formula is C4H3ClN2O2. The fraction of sp³-hybridized carbons (Fsp3) is 0. The van der Waals surface area contributed by atoms with Gasteiger partial charge in [0.25, 0.3) is 0 Å². The highest BCUT2D eigenvalue weighted by atomic mass is 35.5. The fourth-order valence-electron chi connectivity index (χ4n) is 0.382. The molecule has 0 amide bonds. The number of rotatable bonds is 1. The van der Waals surface area contributed by atoms with E-state index in [0.717, 1.165) is 4.85 Å². The molecule has 0 spiro atoms. The molecule has 0 saturated heterocycles. The summed E-state index contributed by atoms with van der Waals surface area (Å²) in [7, 11) is 0. The summed E-state index contributed by atoms with van der Waals surface area (Å²) in [4.78, 5) is 15.2. The van der Waals surface area contributed by atoms with Crippen LogP contribution in [0, 0.1) is 0 Å². The van der Waals surface area contributed by atoms with Crippen LogP contribution in [0.25, 0.3) is 0 Å². The lowest BCUT2D eigenvalue weighted by Crippen LogP contribution is -2.13. The number of aromatic nitrogens is 2. The molecule has 1 rings (SSSR count). The van der Waals surface area contributed by atoms with Crippen molar-refractivity contribution < 1.29 is 9.63 Å². The van der Waals surface area contributed by atoms with Gasteiger partial charge >= 0.3 is 5.43 Å². The molecule has 5 heteroatoms. The quantitative estimate of drug-likeness (QED) is 0.547. The lowest BCUT2D eigenvalue weighted by atomic mass is 10.8. The van der Waals surface area contributed by atoms with Gasteiger partial charge in [0.15, 0.2) is 0 Å². The Hall–Kier alpha value is -1.03. The van der Waals surface area contributed by atoms with Gasteiger partial charge in [-0.1, -0.05) is 4.85 Å². The molecule has 0 saturated carbocycles. The van der Waals surface area contributed by atoms with E-state index in [1.165, 1.54) is 12.4 Å². The van der Waals surface area contributed by atoms with E-state index < -0.39 is 5.43 Å². The Labute approximate surface area is 55.9 Å². The van der Waals surface area contributed by atoms with E-state index in [0.29, 0.717) is 0 Å². The van der Waals surface area contributed by atoms with E-state index in [1.807, 2.05) is 0 Å². The van der Waals surface area contributed by atoms with Gasteiger partial charge < -0.3 is 4.84 Å². The molecule has 0 N–H and O–H groups in total. The maximum absolute atomic E-state index is 9.99. The van der Waals surface area contributed by atoms with E-state index >= 15 is 0 Å². The van der Waals surface area contributed by atoms with Crippen LogP contribution in [-0.4, -0.2) is 15.4 Å². The number of carbonyl (C=O) groups excluding carboxylic acids is 1. The van der Waals surface area contributed by atoms with Crippen LogP contribution < -0.4 is 4.84 Å². The molecule has 0 aromatic carbocycles. The third kappa shape index (κ3) is 1.73. The zero-order valence-corrected chi connectivity index (χ0v) is 5.08. The van der Waals surface area contributed by atoms with Gasteiger partial charge in [-0.15, -0.1) is 5.10 Å². The Morgan fingerprint density at radius 2 is 2.56 bits per heavy atom. The van der Waals surface area contributed by atoms with Gasteiger partial charge in [-0.05, 0) is 6.07 Å². The summed E-state index contributed by atoms with van der Waals surface area (Å²) in [6.45, 7) is 0. The molecule has 1 aromatic rings. The zero-order valence-electron chi connectivity index (χ0n) is 4.32. The lowest BCUT2D eigenvalue weighted by Gasteiger charge is -1.93. The second-order valence-corrected chi connectivity index (χ2v) is 1.55. The van der Waals surface area contributed by atoms with Crippen molar-refractivity contribution in [1.82, 2.24) is 9.94 Å². The van der Waals surface area contributed by atoms with Crippen molar-refractivity contribution in [3.05, 3.63) is 18.5 Å². The predicted molar refractivity (Wildman–Crippen MR) is 30.1 cm³/mol. The average Bonchev–Trinajstić information content (AvgIpc) is 2.15. The first-order valence-electron chi connectivity index (χ1n) is 2.16. The van der Waals surface area contributed by atoms with Crippen molar-refractivity contribution in [3.8, 4) is 0 Å². The summed E-state index contributed by atoms with van der Waals surface area (Å²) in [6, 6.07) is 1.61. The summed E-state index contributed by atoms with van der Waals surface area (Å²) >= 11 is 4.85. The molecule has 0 fully saturated rings. The minimum atomic E-state index is -0.904. The Morgan fingerprint density at radius 1 is 1.78 bits per heavy atom. The molecule has 0 aliphatic rings. The second-order valence-electron chi connectivity index (χ2n) is 1.24. The van der Waals surface area contributed by atoms with Crippen molar-refractivity contribution in [3.63, 3.8) is 0 Å². The molecule has 48 valence electrons. The Morgan fingerprint density at radius 3 is 3.00 bits per heavy atom. The smallest absolute Gasteiger partial charge is 0.303 e. The summed E-state index contributed by atoms with van der Waals surface area (Å²) in [5.41, 5.74) is -0.904. The van der Waals surface area contributed by atoms with Crippen molar-refractivity contribution in [2.75, 3.05) is 0 Å². The van der Waals surface area contributed by atoms with Gasteiger partial charge in [-0.25, -0.2) is 4.79 Å². The van der Waals surface area contributed by atoms with E-state index in [4.69, 9.17) is 11.6 Å². The number of carbonyl (C=O) groups is 1. The standard InChI is InChI=1S/C4H3ClN2O2/c5-4(8)9-7-3-1-2-6-7/h1-3H. The molecular weight excluding hydrogens is 144 g/mol. The first-order valence-corrected chi connectivity index (χ1v) is 2.54. The topological polar surface area (TPSA) is 44.1 Å². The number of hydrogen-bond donors (Lipinski definition) is 0. The molecule has 4 nitrogen and oxygen atoms in total. The first-order chi connectivity index (χ1) is 4.29. The highest BCUT2D eigenvalue weighted by Crippen LogP contribution is 1.83. The van der Waals surface area contributed by atoms with Crippen LogP contribution in [-0.2, 0) is 0 Å². The summed E-state index contributed by atoms with van der Waals surface area (Å²) < 4.78 is 0. The van der Waals surface area contributed by atoms with Crippen LogP contribution in [0.5, 0.6) is 0 Å². The van der Waals surface area contributed by atoms with Gasteiger partial charge in [0.2, 0.25) is 0 Å². The van der Waals surface area contributed by atoms with Crippen molar-refractivity contribution in [2.45, 2.75) is 0 Å². The highest BCUT2D eigenvalue weighted by molar-refractivity contribution is 6.61. The average molecular weight is 147 g/mol. The first kappa shape index (κ1) is 6.10.